The summed E-state index contributed by atoms with van der Waals surface area (Å²) in [6.45, 7) is 6.84. The van der Waals surface area contributed by atoms with E-state index >= 15 is 0 Å². The molecule has 0 aliphatic carbocycles. The SMILES string of the molecule is CCC1CCN(C/C=C(\C)F)CC1. The van der Waals surface area contributed by atoms with Gasteiger partial charge in [0.2, 0.25) is 0 Å². The Morgan fingerprint density at radius 3 is 2.54 bits per heavy atom. The second-order valence-electron chi connectivity index (χ2n) is 3.94. The van der Waals surface area contributed by atoms with E-state index in [9.17, 15) is 4.39 Å². The van der Waals surface area contributed by atoms with Gasteiger partial charge >= 0.3 is 0 Å². The van der Waals surface area contributed by atoms with Gasteiger partial charge in [-0.3, -0.25) is 4.90 Å². The van der Waals surface area contributed by atoms with Crippen LogP contribution in [0.25, 0.3) is 0 Å². The van der Waals surface area contributed by atoms with E-state index in [0.29, 0.717) is 0 Å². The van der Waals surface area contributed by atoms with E-state index in [0.717, 1.165) is 25.6 Å². The summed E-state index contributed by atoms with van der Waals surface area (Å²) in [6, 6.07) is 0. The lowest BCUT2D eigenvalue weighted by Gasteiger charge is -2.30. The zero-order valence-corrected chi connectivity index (χ0v) is 8.72. The number of halogens is 1. The van der Waals surface area contributed by atoms with Crippen molar-refractivity contribution in [3.05, 3.63) is 11.9 Å². The largest absolute Gasteiger partial charge is 0.300 e. The molecule has 0 aromatic heterocycles. The van der Waals surface area contributed by atoms with Crippen LogP contribution < -0.4 is 0 Å². The van der Waals surface area contributed by atoms with Crippen LogP contribution in [0.5, 0.6) is 0 Å². The molecule has 0 aromatic rings. The average molecular weight is 185 g/mol. The molecule has 0 saturated carbocycles. The summed E-state index contributed by atoms with van der Waals surface area (Å²) in [4.78, 5) is 2.33. The number of hydrogen-bond donors (Lipinski definition) is 0. The summed E-state index contributed by atoms with van der Waals surface area (Å²) >= 11 is 0. The molecule has 0 aromatic carbocycles. The summed E-state index contributed by atoms with van der Waals surface area (Å²) in [6.07, 6.45) is 5.55. The van der Waals surface area contributed by atoms with Gasteiger partial charge in [-0.15, -0.1) is 0 Å². The van der Waals surface area contributed by atoms with Crippen molar-refractivity contribution in [1.82, 2.24) is 4.90 Å². The van der Waals surface area contributed by atoms with E-state index in [1.165, 1.54) is 26.2 Å². The third kappa shape index (κ3) is 3.90. The lowest BCUT2D eigenvalue weighted by atomic mass is 9.94. The van der Waals surface area contributed by atoms with Crippen LogP contribution in [-0.4, -0.2) is 24.5 Å². The third-order valence-corrected chi connectivity index (χ3v) is 2.92. The van der Waals surface area contributed by atoms with Crippen molar-refractivity contribution in [3.63, 3.8) is 0 Å². The fourth-order valence-corrected chi connectivity index (χ4v) is 1.83. The van der Waals surface area contributed by atoms with Crippen molar-refractivity contribution in [2.24, 2.45) is 5.92 Å². The zero-order chi connectivity index (χ0) is 9.68. The Bertz CT molecular complexity index is 165. The number of allylic oxidation sites excluding steroid dienone is 1. The summed E-state index contributed by atoms with van der Waals surface area (Å²) in [5.74, 6) is 0.851. The molecule has 1 heterocycles. The maximum Gasteiger partial charge on any atom is 0.0941 e. The molecule has 0 atom stereocenters. The zero-order valence-electron chi connectivity index (χ0n) is 8.72. The van der Waals surface area contributed by atoms with Gasteiger partial charge in [-0.25, -0.2) is 4.39 Å². The Morgan fingerprint density at radius 1 is 1.46 bits per heavy atom. The Morgan fingerprint density at radius 2 is 2.08 bits per heavy atom. The highest BCUT2D eigenvalue weighted by Crippen LogP contribution is 2.19. The van der Waals surface area contributed by atoms with Gasteiger partial charge in [0, 0.05) is 6.54 Å². The molecule has 1 nitrogen and oxygen atoms in total. The normalized spacial score (nSPS) is 22.2. The van der Waals surface area contributed by atoms with Crippen molar-refractivity contribution in [2.75, 3.05) is 19.6 Å². The van der Waals surface area contributed by atoms with Crippen LogP contribution in [0.2, 0.25) is 0 Å². The smallest absolute Gasteiger partial charge is 0.0941 e. The van der Waals surface area contributed by atoms with Crippen LogP contribution in [0.4, 0.5) is 4.39 Å². The van der Waals surface area contributed by atoms with Gasteiger partial charge in [-0.2, -0.15) is 0 Å². The first kappa shape index (κ1) is 10.7. The van der Waals surface area contributed by atoms with Crippen LogP contribution in [0.3, 0.4) is 0 Å². The average Bonchev–Trinajstić information content (AvgIpc) is 2.15. The van der Waals surface area contributed by atoms with E-state index in [2.05, 4.69) is 11.8 Å². The van der Waals surface area contributed by atoms with E-state index in [1.807, 2.05) is 0 Å². The topological polar surface area (TPSA) is 3.24 Å². The minimum absolute atomic E-state index is 0.0578. The van der Waals surface area contributed by atoms with E-state index in [-0.39, 0.29) is 5.83 Å². The van der Waals surface area contributed by atoms with Gasteiger partial charge in [0.15, 0.2) is 0 Å². The molecule has 0 spiro atoms. The Labute approximate surface area is 80.6 Å². The Balaban J connectivity index is 2.21. The molecule has 76 valence electrons. The molecule has 2 heteroatoms. The van der Waals surface area contributed by atoms with Gasteiger partial charge < -0.3 is 0 Å². The number of likely N-dealkylation sites (tertiary alicyclic amines) is 1. The van der Waals surface area contributed by atoms with Crippen molar-refractivity contribution in [2.45, 2.75) is 33.1 Å². The molecule has 1 saturated heterocycles. The molecular formula is C11H20FN. The predicted molar refractivity (Wildman–Crippen MR) is 54.3 cm³/mol. The lowest BCUT2D eigenvalue weighted by molar-refractivity contribution is 0.197. The summed E-state index contributed by atoms with van der Waals surface area (Å²) in [5.41, 5.74) is 0. The minimum atomic E-state index is -0.0578. The Kier molecular flexibility index (Phi) is 4.43. The van der Waals surface area contributed by atoms with Crippen molar-refractivity contribution >= 4 is 0 Å². The first-order chi connectivity index (χ1) is 6.22. The van der Waals surface area contributed by atoms with Crippen LogP contribution in [-0.2, 0) is 0 Å². The van der Waals surface area contributed by atoms with E-state index < -0.39 is 0 Å². The van der Waals surface area contributed by atoms with Gasteiger partial charge in [0.25, 0.3) is 0 Å². The summed E-state index contributed by atoms with van der Waals surface area (Å²) < 4.78 is 12.4. The molecule has 0 radical (unpaired) electrons. The first-order valence-corrected chi connectivity index (χ1v) is 5.27. The highest BCUT2D eigenvalue weighted by atomic mass is 19.1. The minimum Gasteiger partial charge on any atom is -0.300 e. The number of piperidine rings is 1. The first-order valence-electron chi connectivity index (χ1n) is 5.27. The molecular weight excluding hydrogens is 165 g/mol. The van der Waals surface area contributed by atoms with Gasteiger partial charge in [0.05, 0.1) is 5.83 Å². The van der Waals surface area contributed by atoms with E-state index in [4.69, 9.17) is 0 Å². The maximum atomic E-state index is 12.4. The van der Waals surface area contributed by atoms with Crippen molar-refractivity contribution in [3.8, 4) is 0 Å². The van der Waals surface area contributed by atoms with Crippen LogP contribution in [0.15, 0.2) is 11.9 Å². The quantitative estimate of drug-likeness (QED) is 0.653. The molecule has 1 rings (SSSR count). The fraction of sp³-hybridized carbons (Fsp3) is 0.818. The van der Waals surface area contributed by atoms with E-state index in [1.54, 1.807) is 6.08 Å². The summed E-state index contributed by atoms with van der Waals surface area (Å²) in [5, 5.41) is 0. The van der Waals surface area contributed by atoms with Gasteiger partial charge in [-0.1, -0.05) is 13.3 Å². The molecule has 1 aliphatic heterocycles. The molecule has 13 heavy (non-hydrogen) atoms. The van der Waals surface area contributed by atoms with Crippen LogP contribution in [0.1, 0.15) is 33.1 Å². The second kappa shape index (κ2) is 5.38. The summed E-state index contributed by atoms with van der Waals surface area (Å²) in [7, 11) is 0. The number of hydrogen-bond acceptors (Lipinski definition) is 1. The molecule has 1 fully saturated rings. The predicted octanol–water partition coefficient (Wildman–Crippen LogP) is 2.98. The standard InChI is InChI=1S/C11H20FN/c1-3-11-5-8-13(9-6-11)7-4-10(2)12/h4,11H,3,5-9H2,1-2H3/b10-4+. The highest BCUT2D eigenvalue weighted by molar-refractivity contribution is 4.90. The third-order valence-electron chi connectivity index (χ3n) is 2.92. The number of nitrogens with zero attached hydrogens (tertiary/aromatic N) is 1. The number of rotatable bonds is 3. The lowest BCUT2D eigenvalue weighted by Crippen LogP contribution is -2.33. The molecule has 1 aliphatic rings. The molecule has 0 amide bonds. The Hall–Kier alpha value is -0.370. The van der Waals surface area contributed by atoms with Gasteiger partial charge in [-0.05, 0) is 44.8 Å². The monoisotopic (exact) mass is 185 g/mol. The second-order valence-corrected chi connectivity index (χ2v) is 3.94. The van der Waals surface area contributed by atoms with Crippen LogP contribution >= 0.6 is 0 Å². The maximum absolute atomic E-state index is 12.4. The van der Waals surface area contributed by atoms with Crippen LogP contribution in [0, 0.1) is 5.92 Å². The van der Waals surface area contributed by atoms with Crippen molar-refractivity contribution in [1.29, 1.82) is 0 Å². The van der Waals surface area contributed by atoms with Crippen molar-refractivity contribution < 1.29 is 4.39 Å². The van der Waals surface area contributed by atoms with Gasteiger partial charge in [0.1, 0.15) is 0 Å². The fourth-order valence-electron chi connectivity index (χ4n) is 1.83. The molecule has 0 bridgehead atoms. The molecule has 0 N–H and O–H groups in total. The molecule has 0 unspecified atom stereocenters. The highest BCUT2D eigenvalue weighted by Gasteiger charge is 2.16.